The molecule has 0 saturated heterocycles. The molecule has 0 saturated carbocycles. The first-order valence-corrected chi connectivity index (χ1v) is 7.23. The summed E-state index contributed by atoms with van der Waals surface area (Å²) in [6.07, 6.45) is 1.22. The van der Waals surface area contributed by atoms with E-state index in [-0.39, 0.29) is 18.1 Å². The van der Waals surface area contributed by atoms with Gasteiger partial charge in [0, 0.05) is 10.9 Å². The van der Waals surface area contributed by atoms with E-state index in [0.717, 1.165) is 4.47 Å². The zero-order valence-corrected chi connectivity index (χ0v) is 12.3. The number of aliphatic hydroxyl groups is 1. The highest BCUT2D eigenvalue weighted by molar-refractivity contribution is 9.10. The Balaban J connectivity index is 2.00. The van der Waals surface area contributed by atoms with Gasteiger partial charge in [-0.25, -0.2) is 8.78 Å². The van der Waals surface area contributed by atoms with E-state index in [1.54, 1.807) is 18.2 Å². The molecular weight excluding hydrogens is 326 g/mol. The molecular formula is C16H13BrF2O. The summed E-state index contributed by atoms with van der Waals surface area (Å²) in [6.45, 7) is 0. The van der Waals surface area contributed by atoms with Crippen molar-refractivity contribution in [1.82, 2.24) is 0 Å². The average Bonchev–Trinajstić information content (AvgIpc) is 2.73. The molecule has 0 bridgehead atoms. The second-order valence-corrected chi connectivity index (χ2v) is 6.06. The van der Waals surface area contributed by atoms with Crippen LogP contribution in [-0.4, -0.2) is 5.11 Å². The number of fused-ring (bicyclic) bond motifs is 1. The minimum absolute atomic E-state index is 0.266. The molecule has 1 unspecified atom stereocenters. The van der Waals surface area contributed by atoms with Gasteiger partial charge in [0.1, 0.15) is 11.6 Å². The number of hydrogen-bond acceptors (Lipinski definition) is 1. The first kappa shape index (κ1) is 13.7. The topological polar surface area (TPSA) is 20.2 Å². The summed E-state index contributed by atoms with van der Waals surface area (Å²) in [7, 11) is 0. The second kappa shape index (κ2) is 4.93. The molecule has 1 atom stereocenters. The van der Waals surface area contributed by atoms with Crippen LogP contribution in [0.1, 0.15) is 23.1 Å². The lowest BCUT2D eigenvalue weighted by molar-refractivity contribution is 0.0387. The summed E-state index contributed by atoms with van der Waals surface area (Å²) < 4.78 is 27.8. The van der Waals surface area contributed by atoms with Gasteiger partial charge < -0.3 is 5.11 Å². The third-order valence-corrected chi connectivity index (χ3v) is 4.67. The van der Waals surface area contributed by atoms with Crippen molar-refractivity contribution in [2.45, 2.75) is 24.9 Å². The van der Waals surface area contributed by atoms with Crippen molar-refractivity contribution in [1.29, 1.82) is 0 Å². The molecule has 1 aliphatic rings. The van der Waals surface area contributed by atoms with E-state index in [2.05, 4.69) is 15.9 Å². The highest BCUT2D eigenvalue weighted by Gasteiger charge is 2.38. The Kier molecular flexibility index (Phi) is 3.38. The van der Waals surface area contributed by atoms with Crippen LogP contribution in [0.25, 0.3) is 0 Å². The highest BCUT2D eigenvalue weighted by atomic mass is 79.9. The van der Waals surface area contributed by atoms with Crippen molar-refractivity contribution in [2.75, 3.05) is 0 Å². The Bertz CT molecular complexity index is 672. The van der Waals surface area contributed by atoms with Gasteiger partial charge in [-0.15, -0.1) is 0 Å². The molecule has 1 N–H and O–H groups in total. The van der Waals surface area contributed by atoms with Crippen LogP contribution in [0.5, 0.6) is 0 Å². The van der Waals surface area contributed by atoms with Gasteiger partial charge in [0.2, 0.25) is 0 Å². The summed E-state index contributed by atoms with van der Waals surface area (Å²) in [5, 5.41) is 10.8. The molecule has 1 aliphatic carbocycles. The molecule has 20 heavy (non-hydrogen) atoms. The Morgan fingerprint density at radius 2 is 2.00 bits per heavy atom. The lowest BCUT2D eigenvalue weighted by Crippen LogP contribution is -2.25. The van der Waals surface area contributed by atoms with Crippen LogP contribution in [0, 0.1) is 11.6 Å². The minimum Gasteiger partial charge on any atom is -0.385 e. The molecule has 0 aromatic heterocycles. The highest BCUT2D eigenvalue weighted by Crippen LogP contribution is 2.41. The van der Waals surface area contributed by atoms with Gasteiger partial charge in [-0.05, 0) is 53.8 Å². The number of hydrogen-bond donors (Lipinski definition) is 1. The second-order valence-electron chi connectivity index (χ2n) is 5.21. The third kappa shape index (κ3) is 2.27. The minimum atomic E-state index is -1.13. The van der Waals surface area contributed by atoms with Gasteiger partial charge in [-0.3, -0.25) is 0 Å². The SMILES string of the molecule is OC1(Cc2cc(F)ccc2Br)CCc2c(F)cccc21. The summed E-state index contributed by atoms with van der Waals surface area (Å²) in [4.78, 5) is 0. The van der Waals surface area contributed by atoms with E-state index < -0.39 is 5.60 Å². The maximum atomic E-state index is 13.7. The Morgan fingerprint density at radius 3 is 2.80 bits per heavy atom. The molecule has 0 heterocycles. The van der Waals surface area contributed by atoms with Crippen molar-refractivity contribution in [2.24, 2.45) is 0 Å². The third-order valence-electron chi connectivity index (χ3n) is 3.90. The normalized spacial score (nSPS) is 21.0. The lowest BCUT2D eigenvalue weighted by atomic mass is 9.89. The molecule has 0 radical (unpaired) electrons. The van der Waals surface area contributed by atoms with Gasteiger partial charge in [-0.2, -0.15) is 0 Å². The number of rotatable bonds is 2. The summed E-state index contributed by atoms with van der Waals surface area (Å²) in [5.74, 6) is -0.624. The van der Waals surface area contributed by atoms with Crippen LogP contribution < -0.4 is 0 Å². The number of benzene rings is 2. The van der Waals surface area contributed by atoms with Gasteiger partial charge in [0.05, 0.1) is 5.60 Å². The standard InChI is InChI=1S/C16H13BrF2O/c17-14-5-4-11(18)8-10(14)9-16(20)7-6-12-13(16)2-1-3-15(12)19/h1-5,8,20H,6-7,9H2. The average molecular weight is 339 g/mol. The molecule has 0 amide bonds. The molecule has 0 fully saturated rings. The first-order valence-electron chi connectivity index (χ1n) is 6.44. The Hall–Kier alpha value is -1.26. The van der Waals surface area contributed by atoms with E-state index >= 15 is 0 Å². The van der Waals surface area contributed by atoms with Crippen LogP contribution in [-0.2, 0) is 18.4 Å². The molecule has 2 aromatic rings. The maximum absolute atomic E-state index is 13.7. The van der Waals surface area contributed by atoms with E-state index in [9.17, 15) is 13.9 Å². The zero-order valence-electron chi connectivity index (χ0n) is 10.7. The van der Waals surface area contributed by atoms with E-state index in [1.165, 1.54) is 18.2 Å². The molecule has 3 rings (SSSR count). The fraction of sp³-hybridized carbons (Fsp3) is 0.250. The monoisotopic (exact) mass is 338 g/mol. The molecule has 0 spiro atoms. The fourth-order valence-electron chi connectivity index (χ4n) is 2.89. The van der Waals surface area contributed by atoms with Crippen LogP contribution >= 0.6 is 15.9 Å². The predicted octanol–water partition coefficient (Wildman–Crippen LogP) is 4.10. The molecule has 104 valence electrons. The van der Waals surface area contributed by atoms with E-state index in [4.69, 9.17) is 0 Å². The van der Waals surface area contributed by atoms with Gasteiger partial charge >= 0.3 is 0 Å². The van der Waals surface area contributed by atoms with Gasteiger partial charge in [0.25, 0.3) is 0 Å². The zero-order chi connectivity index (χ0) is 14.3. The molecule has 4 heteroatoms. The van der Waals surface area contributed by atoms with Crippen LogP contribution in [0.2, 0.25) is 0 Å². The summed E-state index contributed by atoms with van der Waals surface area (Å²) >= 11 is 3.36. The first-order chi connectivity index (χ1) is 9.49. The van der Waals surface area contributed by atoms with Crippen LogP contribution in [0.15, 0.2) is 40.9 Å². The van der Waals surface area contributed by atoms with Crippen molar-refractivity contribution in [3.05, 3.63) is 69.2 Å². The van der Waals surface area contributed by atoms with Crippen molar-refractivity contribution in [3.63, 3.8) is 0 Å². The Labute approximate surface area is 124 Å². The molecule has 2 aromatic carbocycles. The van der Waals surface area contributed by atoms with Crippen molar-refractivity contribution >= 4 is 15.9 Å². The lowest BCUT2D eigenvalue weighted by Gasteiger charge is -2.25. The maximum Gasteiger partial charge on any atom is 0.126 e. The molecule has 0 aliphatic heterocycles. The fourth-order valence-corrected chi connectivity index (χ4v) is 3.28. The smallest absolute Gasteiger partial charge is 0.126 e. The van der Waals surface area contributed by atoms with Crippen molar-refractivity contribution < 1.29 is 13.9 Å². The number of halogens is 3. The van der Waals surface area contributed by atoms with E-state index in [1.807, 2.05) is 0 Å². The largest absolute Gasteiger partial charge is 0.385 e. The predicted molar refractivity (Wildman–Crippen MR) is 76.4 cm³/mol. The quantitative estimate of drug-likeness (QED) is 0.873. The van der Waals surface area contributed by atoms with E-state index in [0.29, 0.717) is 29.5 Å². The van der Waals surface area contributed by atoms with Crippen LogP contribution in [0.4, 0.5) is 8.78 Å². The van der Waals surface area contributed by atoms with Gasteiger partial charge in [0.15, 0.2) is 0 Å². The Morgan fingerprint density at radius 1 is 1.20 bits per heavy atom. The molecule has 1 nitrogen and oxygen atoms in total. The van der Waals surface area contributed by atoms with Crippen LogP contribution in [0.3, 0.4) is 0 Å². The summed E-state index contributed by atoms with van der Waals surface area (Å²) in [6, 6.07) is 9.14. The van der Waals surface area contributed by atoms with Gasteiger partial charge in [-0.1, -0.05) is 28.1 Å². The van der Waals surface area contributed by atoms with Crippen molar-refractivity contribution in [3.8, 4) is 0 Å². The summed E-state index contributed by atoms with van der Waals surface area (Å²) in [5.41, 5.74) is 0.745.